The molecule has 0 bridgehead atoms. The lowest BCUT2D eigenvalue weighted by molar-refractivity contribution is -0.160. The third-order valence-corrected chi connectivity index (χ3v) is 3.47. The summed E-state index contributed by atoms with van der Waals surface area (Å²) in [5.74, 6) is -1.67. The monoisotopic (exact) mass is 361 g/mol. The predicted octanol–water partition coefficient (Wildman–Crippen LogP) is 3.37. The Morgan fingerprint density at radius 2 is 1.92 bits per heavy atom. The average molecular weight is 361 g/mol. The number of amides is 1. The van der Waals surface area contributed by atoms with E-state index >= 15 is 0 Å². The number of alkyl halides is 3. The zero-order valence-corrected chi connectivity index (χ0v) is 14.2. The summed E-state index contributed by atoms with van der Waals surface area (Å²) in [6.45, 7) is 4.22. The third-order valence-electron chi connectivity index (χ3n) is 3.47. The molecule has 1 rings (SSSR count). The zero-order valence-electron chi connectivity index (χ0n) is 14.2. The molecule has 1 unspecified atom stereocenters. The second-order valence-electron chi connectivity index (χ2n) is 5.85. The number of aryl methyl sites for hydroxylation is 2. The van der Waals surface area contributed by atoms with Crippen molar-refractivity contribution in [3.05, 3.63) is 29.3 Å². The SMILES string of the molecule is Cc1ccc(C)c(OCCCCC(=O)NC(CC(F)(F)F)C(=O)O)c1. The van der Waals surface area contributed by atoms with Gasteiger partial charge in [0.25, 0.3) is 0 Å². The van der Waals surface area contributed by atoms with Crippen molar-refractivity contribution in [3.63, 3.8) is 0 Å². The van der Waals surface area contributed by atoms with Gasteiger partial charge in [0.1, 0.15) is 11.8 Å². The van der Waals surface area contributed by atoms with Crippen LogP contribution in [0.3, 0.4) is 0 Å². The van der Waals surface area contributed by atoms with E-state index in [-0.39, 0.29) is 6.42 Å². The van der Waals surface area contributed by atoms with Gasteiger partial charge in [-0.25, -0.2) is 4.79 Å². The Labute approximate surface area is 144 Å². The molecular weight excluding hydrogens is 339 g/mol. The summed E-state index contributed by atoms with van der Waals surface area (Å²) in [6, 6.07) is 3.84. The van der Waals surface area contributed by atoms with E-state index in [1.54, 1.807) is 0 Å². The van der Waals surface area contributed by atoms with Crippen LogP contribution in [0.15, 0.2) is 18.2 Å². The summed E-state index contributed by atoms with van der Waals surface area (Å²) in [6.07, 6.45) is -5.40. The molecule has 1 aromatic rings. The first-order valence-corrected chi connectivity index (χ1v) is 7.87. The maximum atomic E-state index is 12.3. The Morgan fingerprint density at radius 3 is 2.52 bits per heavy atom. The summed E-state index contributed by atoms with van der Waals surface area (Å²) in [7, 11) is 0. The minimum Gasteiger partial charge on any atom is -0.493 e. The van der Waals surface area contributed by atoms with Gasteiger partial charge in [0.05, 0.1) is 13.0 Å². The number of halogens is 3. The number of rotatable bonds is 9. The van der Waals surface area contributed by atoms with Crippen LogP contribution in [0.25, 0.3) is 0 Å². The molecule has 0 radical (unpaired) electrons. The fourth-order valence-corrected chi connectivity index (χ4v) is 2.13. The van der Waals surface area contributed by atoms with Crippen molar-refractivity contribution in [3.8, 4) is 5.75 Å². The zero-order chi connectivity index (χ0) is 19.0. The van der Waals surface area contributed by atoms with Crippen molar-refractivity contribution in [2.45, 2.75) is 51.7 Å². The summed E-state index contributed by atoms with van der Waals surface area (Å²) >= 11 is 0. The molecule has 0 aromatic heterocycles. The molecule has 2 N–H and O–H groups in total. The molecule has 0 fully saturated rings. The lowest BCUT2D eigenvalue weighted by atomic mass is 10.1. The molecule has 25 heavy (non-hydrogen) atoms. The van der Waals surface area contributed by atoms with Gasteiger partial charge in [-0.05, 0) is 43.9 Å². The number of ether oxygens (including phenoxy) is 1. The van der Waals surface area contributed by atoms with E-state index < -0.39 is 30.5 Å². The van der Waals surface area contributed by atoms with E-state index in [4.69, 9.17) is 9.84 Å². The largest absolute Gasteiger partial charge is 0.493 e. The molecule has 0 saturated heterocycles. The average Bonchev–Trinajstić information content (AvgIpc) is 2.48. The minimum atomic E-state index is -4.66. The number of aliphatic carboxylic acids is 1. The number of carbonyl (C=O) groups is 2. The molecule has 1 aromatic carbocycles. The van der Waals surface area contributed by atoms with E-state index in [1.807, 2.05) is 37.4 Å². The number of nitrogens with one attached hydrogen (secondary N) is 1. The summed E-state index contributed by atoms with van der Waals surface area (Å²) in [4.78, 5) is 22.4. The molecule has 0 aliphatic heterocycles. The molecule has 0 saturated carbocycles. The topological polar surface area (TPSA) is 75.6 Å². The van der Waals surface area contributed by atoms with Crippen molar-refractivity contribution in [2.75, 3.05) is 6.61 Å². The van der Waals surface area contributed by atoms with Crippen LogP contribution in [0.4, 0.5) is 13.2 Å². The number of benzene rings is 1. The lowest BCUT2D eigenvalue weighted by Crippen LogP contribution is -2.43. The van der Waals surface area contributed by atoms with Crippen LogP contribution in [0.1, 0.15) is 36.8 Å². The highest BCUT2D eigenvalue weighted by Crippen LogP contribution is 2.22. The number of carboxylic acids is 1. The van der Waals surface area contributed by atoms with E-state index in [0.29, 0.717) is 19.4 Å². The van der Waals surface area contributed by atoms with Gasteiger partial charge in [0.2, 0.25) is 5.91 Å². The number of carboxylic acid groups (broad SMARTS) is 1. The summed E-state index contributed by atoms with van der Waals surface area (Å²) < 4.78 is 42.4. The van der Waals surface area contributed by atoms with Crippen molar-refractivity contribution in [1.82, 2.24) is 5.32 Å². The van der Waals surface area contributed by atoms with Crippen LogP contribution in [0, 0.1) is 13.8 Å². The first-order valence-electron chi connectivity index (χ1n) is 7.87. The Hall–Kier alpha value is -2.25. The first-order chi connectivity index (χ1) is 11.6. The molecule has 140 valence electrons. The summed E-state index contributed by atoms with van der Waals surface area (Å²) in [5, 5.41) is 10.6. The predicted molar refractivity (Wildman–Crippen MR) is 85.5 cm³/mol. The second kappa shape index (κ2) is 9.29. The molecule has 0 spiro atoms. The second-order valence-corrected chi connectivity index (χ2v) is 5.85. The number of hydrogen-bond acceptors (Lipinski definition) is 3. The van der Waals surface area contributed by atoms with Crippen molar-refractivity contribution < 1.29 is 32.6 Å². The molecule has 0 heterocycles. The van der Waals surface area contributed by atoms with E-state index in [9.17, 15) is 22.8 Å². The van der Waals surface area contributed by atoms with Gasteiger partial charge >= 0.3 is 12.1 Å². The fraction of sp³-hybridized carbons (Fsp3) is 0.529. The quantitative estimate of drug-likeness (QED) is 0.661. The van der Waals surface area contributed by atoms with Crippen LogP contribution >= 0.6 is 0 Å². The summed E-state index contributed by atoms with van der Waals surface area (Å²) in [5.41, 5.74) is 2.05. The smallest absolute Gasteiger partial charge is 0.391 e. The van der Waals surface area contributed by atoms with E-state index in [2.05, 4.69) is 0 Å². The maximum Gasteiger partial charge on any atom is 0.391 e. The van der Waals surface area contributed by atoms with E-state index in [1.165, 1.54) is 0 Å². The normalized spacial score (nSPS) is 12.5. The third kappa shape index (κ3) is 8.42. The maximum absolute atomic E-state index is 12.3. The lowest BCUT2D eigenvalue weighted by Gasteiger charge is -2.16. The standard InChI is InChI=1S/C17H22F3NO4/c1-11-6-7-12(2)14(9-11)25-8-4-3-5-15(22)21-13(16(23)24)10-17(18,19)20/h6-7,9,13H,3-5,8,10H2,1-2H3,(H,21,22)(H,23,24). The van der Waals surface area contributed by atoms with Gasteiger partial charge in [-0.3, -0.25) is 4.79 Å². The number of hydrogen-bond donors (Lipinski definition) is 2. The van der Waals surface area contributed by atoms with Gasteiger partial charge in [-0.2, -0.15) is 13.2 Å². The van der Waals surface area contributed by atoms with Crippen LogP contribution in [-0.2, 0) is 9.59 Å². The first kappa shape index (κ1) is 20.8. The molecular formula is C17H22F3NO4. The van der Waals surface area contributed by atoms with Gasteiger partial charge in [-0.15, -0.1) is 0 Å². The van der Waals surface area contributed by atoms with Gasteiger partial charge in [0, 0.05) is 6.42 Å². The Kier molecular flexibility index (Phi) is 7.73. The van der Waals surface area contributed by atoms with Crippen LogP contribution < -0.4 is 10.1 Å². The van der Waals surface area contributed by atoms with Crippen molar-refractivity contribution in [2.24, 2.45) is 0 Å². The highest BCUT2D eigenvalue weighted by molar-refractivity contribution is 5.83. The number of unbranched alkanes of at least 4 members (excludes halogenated alkanes) is 1. The minimum absolute atomic E-state index is 0.0577. The molecule has 5 nitrogen and oxygen atoms in total. The molecule has 0 aliphatic carbocycles. The van der Waals surface area contributed by atoms with Crippen LogP contribution in [0.5, 0.6) is 5.75 Å². The number of carbonyl (C=O) groups excluding carboxylic acids is 1. The van der Waals surface area contributed by atoms with Gasteiger partial charge < -0.3 is 15.2 Å². The Morgan fingerprint density at radius 1 is 1.24 bits per heavy atom. The van der Waals surface area contributed by atoms with Crippen LogP contribution in [-0.4, -0.2) is 35.8 Å². The molecule has 8 heteroatoms. The highest BCUT2D eigenvalue weighted by Gasteiger charge is 2.36. The highest BCUT2D eigenvalue weighted by atomic mass is 19.4. The molecule has 0 aliphatic rings. The van der Waals surface area contributed by atoms with E-state index in [0.717, 1.165) is 16.9 Å². The Balaban J connectivity index is 2.32. The molecule has 1 atom stereocenters. The van der Waals surface area contributed by atoms with Crippen LogP contribution in [0.2, 0.25) is 0 Å². The van der Waals surface area contributed by atoms with Crippen molar-refractivity contribution >= 4 is 11.9 Å². The molecule has 1 amide bonds. The van der Waals surface area contributed by atoms with Crippen molar-refractivity contribution in [1.29, 1.82) is 0 Å². The van der Waals surface area contributed by atoms with Gasteiger partial charge in [0.15, 0.2) is 0 Å². The fourth-order valence-electron chi connectivity index (χ4n) is 2.13. The van der Waals surface area contributed by atoms with Gasteiger partial charge in [-0.1, -0.05) is 12.1 Å². The Bertz CT molecular complexity index is 602.